The van der Waals surface area contributed by atoms with Crippen molar-refractivity contribution in [3.05, 3.63) is 24.0 Å². The molecule has 0 aliphatic heterocycles. The molecule has 0 saturated heterocycles. The van der Waals surface area contributed by atoms with E-state index >= 15 is 0 Å². The highest BCUT2D eigenvalue weighted by atomic mass is 32.2. The lowest BCUT2D eigenvalue weighted by Gasteiger charge is -2.18. The van der Waals surface area contributed by atoms with Gasteiger partial charge in [0.1, 0.15) is 5.82 Å². The van der Waals surface area contributed by atoms with Gasteiger partial charge in [0.05, 0.1) is 10.6 Å². The number of rotatable bonds is 2. The minimum Gasteiger partial charge on any atom is -0.399 e. The number of sulfone groups is 1. The highest BCUT2D eigenvalue weighted by Gasteiger charge is 2.24. The first kappa shape index (κ1) is 13.0. The molecular formula is C11H16FNO2S. The molecule has 0 spiro atoms. The predicted octanol–water partition coefficient (Wildman–Crippen LogP) is 2.23. The fraction of sp³-hybridized carbons (Fsp3) is 0.455. The molecule has 0 radical (unpaired) electrons. The molecule has 0 aromatic heterocycles. The maximum absolute atomic E-state index is 13.0. The molecule has 1 aromatic carbocycles. The number of hydrogen-bond acceptors (Lipinski definition) is 3. The third-order valence-corrected chi connectivity index (χ3v) is 4.08. The summed E-state index contributed by atoms with van der Waals surface area (Å²) in [6, 6.07) is 3.37. The SMILES string of the molecule is CC(C)(C)CS(=O)(=O)c1cc(N)cc(F)c1. The van der Waals surface area contributed by atoms with Crippen molar-refractivity contribution in [1.82, 2.24) is 0 Å². The Balaban J connectivity index is 3.18. The predicted molar refractivity (Wildman–Crippen MR) is 62.3 cm³/mol. The van der Waals surface area contributed by atoms with Gasteiger partial charge in [-0.15, -0.1) is 0 Å². The van der Waals surface area contributed by atoms with E-state index in [1.54, 1.807) is 0 Å². The zero-order chi connectivity index (χ0) is 12.6. The summed E-state index contributed by atoms with van der Waals surface area (Å²) in [4.78, 5) is -0.0556. The van der Waals surface area contributed by atoms with Gasteiger partial charge in [0.2, 0.25) is 0 Å². The van der Waals surface area contributed by atoms with Gasteiger partial charge in [-0.05, 0) is 23.6 Å². The van der Waals surface area contributed by atoms with Gasteiger partial charge < -0.3 is 5.73 Å². The molecule has 0 atom stereocenters. The van der Waals surface area contributed by atoms with Crippen LogP contribution in [0.5, 0.6) is 0 Å². The Morgan fingerprint density at radius 3 is 2.25 bits per heavy atom. The topological polar surface area (TPSA) is 60.2 Å². The molecule has 0 aliphatic carbocycles. The number of halogens is 1. The number of nitrogens with two attached hydrogens (primary N) is 1. The summed E-state index contributed by atoms with van der Waals surface area (Å²) < 4.78 is 36.9. The average molecular weight is 245 g/mol. The van der Waals surface area contributed by atoms with Gasteiger partial charge in [-0.1, -0.05) is 20.8 Å². The summed E-state index contributed by atoms with van der Waals surface area (Å²) in [5.74, 6) is -0.671. The maximum atomic E-state index is 13.0. The maximum Gasteiger partial charge on any atom is 0.179 e. The van der Waals surface area contributed by atoms with Crippen LogP contribution in [0, 0.1) is 11.2 Å². The van der Waals surface area contributed by atoms with Crippen molar-refractivity contribution in [3.63, 3.8) is 0 Å². The first-order chi connectivity index (χ1) is 7.10. The molecule has 90 valence electrons. The largest absolute Gasteiger partial charge is 0.399 e. The van der Waals surface area contributed by atoms with E-state index in [9.17, 15) is 12.8 Å². The van der Waals surface area contributed by atoms with Crippen LogP contribution in [-0.2, 0) is 9.84 Å². The van der Waals surface area contributed by atoms with Crippen molar-refractivity contribution < 1.29 is 12.8 Å². The van der Waals surface area contributed by atoms with Crippen molar-refractivity contribution in [2.45, 2.75) is 25.7 Å². The van der Waals surface area contributed by atoms with Crippen LogP contribution in [0.3, 0.4) is 0 Å². The molecular weight excluding hydrogens is 229 g/mol. The molecule has 0 amide bonds. The summed E-state index contributed by atoms with van der Waals surface area (Å²) in [6.45, 7) is 5.44. The van der Waals surface area contributed by atoms with Crippen molar-refractivity contribution in [1.29, 1.82) is 0 Å². The molecule has 0 heterocycles. The van der Waals surface area contributed by atoms with Crippen LogP contribution >= 0.6 is 0 Å². The van der Waals surface area contributed by atoms with Gasteiger partial charge in [-0.25, -0.2) is 12.8 Å². The van der Waals surface area contributed by atoms with E-state index in [0.29, 0.717) is 0 Å². The molecule has 2 N–H and O–H groups in total. The van der Waals surface area contributed by atoms with Gasteiger partial charge in [-0.3, -0.25) is 0 Å². The first-order valence-electron chi connectivity index (χ1n) is 4.89. The second kappa shape index (κ2) is 4.05. The number of nitrogen functional groups attached to an aromatic ring is 1. The first-order valence-corrected chi connectivity index (χ1v) is 6.54. The zero-order valence-corrected chi connectivity index (χ0v) is 10.4. The summed E-state index contributed by atoms with van der Waals surface area (Å²) >= 11 is 0. The summed E-state index contributed by atoms with van der Waals surface area (Å²) in [5.41, 5.74) is 5.16. The van der Waals surface area contributed by atoms with Crippen LogP contribution in [0.4, 0.5) is 10.1 Å². The van der Waals surface area contributed by atoms with Crippen molar-refractivity contribution in [3.8, 4) is 0 Å². The second-order valence-electron chi connectivity index (χ2n) is 5.04. The monoisotopic (exact) mass is 245 g/mol. The van der Waals surface area contributed by atoms with Crippen LogP contribution < -0.4 is 5.73 Å². The minimum absolute atomic E-state index is 0.0388. The van der Waals surface area contributed by atoms with Crippen LogP contribution in [0.25, 0.3) is 0 Å². The normalized spacial score (nSPS) is 12.8. The summed E-state index contributed by atoms with van der Waals surface area (Å²) in [5, 5.41) is 0. The Hall–Kier alpha value is -1.10. The van der Waals surface area contributed by atoms with E-state index in [2.05, 4.69) is 0 Å². The van der Waals surface area contributed by atoms with Gasteiger partial charge in [-0.2, -0.15) is 0 Å². The molecule has 0 unspecified atom stereocenters. The molecule has 0 bridgehead atoms. The smallest absolute Gasteiger partial charge is 0.179 e. The summed E-state index contributed by atoms with van der Waals surface area (Å²) in [7, 11) is -3.48. The van der Waals surface area contributed by atoms with Crippen LogP contribution in [0.1, 0.15) is 20.8 Å². The van der Waals surface area contributed by atoms with E-state index in [1.807, 2.05) is 20.8 Å². The van der Waals surface area contributed by atoms with Crippen molar-refractivity contribution in [2.75, 3.05) is 11.5 Å². The van der Waals surface area contributed by atoms with Crippen LogP contribution in [0.2, 0.25) is 0 Å². The third kappa shape index (κ3) is 3.48. The molecule has 3 nitrogen and oxygen atoms in total. The van der Waals surface area contributed by atoms with E-state index < -0.39 is 15.7 Å². The van der Waals surface area contributed by atoms with Gasteiger partial charge in [0.15, 0.2) is 9.84 Å². The summed E-state index contributed by atoms with van der Waals surface area (Å²) in [6.07, 6.45) is 0. The fourth-order valence-corrected chi connectivity index (χ4v) is 3.33. The number of benzene rings is 1. The van der Waals surface area contributed by atoms with Crippen molar-refractivity contribution in [2.24, 2.45) is 5.41 Å². The highest BCUT2D eigenvalue weighted by molar-refractivity contribution is 7.91. The molecule has 5 heteroatoms. The highest BCUT2D eigenvalue weighted by Crippen LogP contribution is 2.23. The Kier molecular flexibility index (Phi) is 3.28. The van der Waals surface area contributed by atoms with Gasteiger partial charge in [0, 0.05) is 5.69 Å². The quantitative estimate of drug-likeness (QED) is 0.813. The average Bonchev–Trinajstić information content (AvgIpc) is 1.96. The Labute approximate surface area is 95.4 Å². The number of anilines is 1. The van der Waals surface area contributed by atoms with Crippen LogP contribution in [-0.4, -0.2) is 14.2 Å². The van der Waals surface area contributed by atoms with Crippen LogP contribution in [0.15, 0.2) is 23.1 Å². The molecule has 1 rings (SSSR count). The van der Waals surface area contributed by atoms with E-state index in [1.165, 1.54) is 6.07 Å². The van der Waals surface area contributed by atoms with E-state index in [-0.39, 0.29) is 21.8 Å². The fourth-order valence-electron chi connectivity index (χ4n) is 1.42. The zero-order valence-electron chi connectivity index (χ0n) is 9.62. The second-order valence-corrected chi connectivity index (χ2v) is 7.03. The van der Waals surface area contributed by atoms with Gasteiger partial charge >= 0.3 is 0 Å². The molecule has 16 heavy (non-hydrogen) atoms. The molecule has 1 aromatic rings. The molecule has 0 aliphatic rings. The van der Waals surface area contributed by atoms with E-state index in [4.69, 9.17) is 5.73 Å². The Morgan fingerprint density at radius 1 is 1.25 bits per heavy atom. The minimum atomic E-state index is -3.48. The number of hydrogen-bond donors (Lipinski definition) is 1. The lowest BCUT2D eigenvalue weighted by molar-refractivity contribution is 0.461. The molecule has 0 saturated carbocycles. The lowest BCUT2D eigenvalue weighted by Crippen LogP contribution is -2.21. The Bertz CT molecular complexity index is 469. The Morgan fingerprint density at radius 2 is 1.81 bits per heavy atom. The third-order valence-electron chi connectivity index (χ3n) is 1.88. The standard InChI is InChI=1S/C11H16FNO2S/c1-11(2,3)7-16(14,15)10-5-8(12)4-9(13)6-10/h4-6H,7,13H2,1-3H3. The van der Waals surface area contributed by atoms with Gasteiger partial charge in [0.25, 0.3) is 0 Å². The van der Waals surface area contributed by atoms with E-state index in [0.717, 1.165) is 12.1 Å². The molecule has 0 fully saturated rings. The lowest BCUT2D eigenvalue weighted by atomic mass is 10.0. The van der Waals surface area contributed by atoms with Crippen molar-refractivity contribution >= 4 is 15.5 Å².